The molecule has 7 heteroatoms. The number of aromatic nitrogens is 3. The molecule has 1 aromatic heterocycles. The van der Waals surface area contributed by atoms with Crippen molar-refractivity contribution < 1.29 is 9.29 Å². The van der Waals surface area contributed by atoms with Gasteiger partial charge in [0, 0.05) is 18.3 Å². The maximum absolute atomic E-state index is 13.1. The molecular weight excluding hydrogens is 361 g/mol. The molecule has 0 saturated carbocycles. The van der Waals surface area contributed by atoms with Crippen LogP contribution in [0.3, 0.4) is 0 Å². The summed E-state index contributed by atoms with van der Waals surface area (Å²) in [5, 5.41) is 4.76. The summed E-state index contributed by atoms with van der Waals surface area (Å²) in [6, 6.07) is 16.9. The number of nitrogens with one attached hydrogen (secondary N) is 1. The van der Waals surface area contributed by atoms with E-state index in [1.54, 1.807) is 0 Å². The van der Waals surface area contributed by atoms with Crippen LogP contribution in [0.1, 0.15) is 0 Å². The van der Waals surface area contributed by atoms with E-state index in [0.717, 1.165) is 54.7 Å². The van der Waals surface area contributed by atoms with Crippen molar-refractivity contribution in [2.75, 3.05) is 31.1 Å². The highest BCUT2D eigenvalue weighted by molar-refractivity contribution is 7.71. The first-order valence-corrected chi connectivity index (χ1v) is 9.56. The fourth-order valence-corrected chi connectivity index (χ4v) is 3.72. The minimum absolute atomic E-state index is 0.193. The van der Waals surface area contributed by atoms with Gasteiger partial charge in [0.05, 0.1) is 26.2 Å². The number of nitrogens with zero attached hydrogens (tertiary/aromatic N) is 4. The number of rotatable bonds is 4. The van der Waals surface area contributed by atoms with Crippen LogP contribution in [-0.2, 0) is 13.7 Å². The highest BCUT2D eigenvalue weighted by atomic mass is 32.1. The van der Waals surface area contributed by atoms with Crippen LogP contribution in [-0.4, -0.2) is 40.5 Å². The summed E-state index contributed by atoms with van der Waals surface area (Å²) in [6.45, 7) is 4.63. The Morgan fingerprint density at radius 2 is 1.70 bits per heavy atom. The number of hydrogen-bond acceptors (Lipinski definition) is 3. The van der Waals surface area contributed by atoms with Crippen LogP contribution in [0.15, 0.2) is 54.6 Å². The normalized spacial score (nSPS) is 15.3. The minimum Gasteiger partial charge on any atom is -0.360 e. The number of hydrogen-bond donors (Lipinski definition) is 1. The number of anilines is 1. The Morgan fingerprint density at radius 3 is 2.37 bits per heavy atom. The first-order valence-electron chi connectivity index (χ1n) is 9.15. The molecule has 0 bridgehead atoms. The number of halogens is 1. The predicted molar refractivity (Wildman–Crippen MR) is 107 cm³/mol. The lowest BCUT2D eigenvalue weighted by atomic mass is 10.2. The van der Waals surface area contributed by atoms with Gasteiger partial charge in [-0.2, -0.15) is 4.68 Å². The molecule has 140 valence electrons. The van der Waals surface area contributed by atoms with E-state index < -0.39 is 0 Å². The molecule has 2 aromatic carbocycles. The first kappa shape index (κ1) is 17.9. The topological polar surface area (TPSA) is 30.4 Å². The zero-order chi connectivity index (χ0) is 18.8. The number of piperazine rings is 1. The molecule has 1 aliphatic rings. The van der Waals surface area contributed by atoms with Crippen molar-refractivity contribution in [2.45, 2.75) is 6.67 Å². The van der Waals surface area contributed by atoms with Crippen molar-refractivity contribution >= 4 is 17.9 Å². The van der Waals surface area contributed by atoms with Crippen molar-refractivity contribution in [3.63, 3.8) is 0 Å². The van der Waals surface area contributed by atoms with Gasteiger partial charge in [0.2, 0.25) is 4.77 Å². The van der Waals surface area contributed by atoms with Crippen LogP contribution in [0, 0.1) is 10.6 Å². The molecular formula is C20H23FN5S+. The SMILES string of the molecule is Cn1c(-c2ccccc2)nn(C[NH+]2CCN(c3ccc(F)cc3)CC2)c1=S. The van der Waals surface area contributed by atoms with Crippen molar-refractivity contribution in [3.8, 4) is 11.4 Å². The van der Waals surface area contributed by atoms with Crippen molar-refractivity contribution in [2.24, 2.45) is 7.05 Å². The number of quaternary nitrogens is 1. The van der Waals surface area contributed by atoms with Gasteiger partial charge in [0.15, 0.2) is 12.5 Å². The molecule has 1 saturated heterocycles. The Balaban J connectivity index is 1.44. The van der Waals surface area contributed by atoms with Gasteiger partial charge < -0.3 is 14.4 Å². The lowest BCUT2D eigenvalue weighted by Crippen LogP contribution is -3.14. The van der Waals surface area contributed by atoms with Gasteiger partial charge >= 0.3 is 0 Å². The van der Waals surface area contributed by atoms with E-state index >= 15 is 0 Å². The fraction of sp³-hybridized carbons (Fsp3) is 0.300. The summed E-state index contributed by atoms with van der Waals surface area (Å²) in [5.74, 6) is 0.701. The monoisotopic (exact) mass is 384 g/mol. The second-order valence-corrected chi connectivity index (χ2v) is 7.27. The molecule has 0 aliphatic carbocycles. The average Bonchev–Trinajstić information content (AvgIpc) is 2.98. The predicted octanol–water partition coefficient (Wildman–Crippen LogP) is 2.12. The van der Waals surface area contributed by atoms with Crippen LogP contribution in [0.4, 0.5) is 10.1 Å². The van der Waals surface area contributed by atoms with Crippen LogP contribution in [0.25, 0.3) is 11.4 Å². The molecule has 0 unspecified atom stereocenters. The largest absolute Gasteiger partial charge is 0.360 e. The van der Waals surface area contributed by atoms with E-state index in [-0.39, 0.29) is 5.82 Å². The molecule has 1 fully saturated rings. The molecule has 0 radical (unpaired) electrons. The van der Waals surface area contributed by atoms with Gasteiger partial charge in [-0.25, -0.2) is 4.39 Å². The van der Waals surface area contributed by atoms with Crippen LogP contribution < -0.4 is 9.80 Å². The highest BCUT2D eigenvalue weighted by Crippen LogP contribution is 2.17. The van der Waals surface area contributed by atoms with E-state index in [4.69, 9.17) is 17.3 Å². The van der Waals surface area contributed by atoms with Crippen molar-refractivity contribution in [1.29, 1.82) is 0 Å². The Labute approximate surface area is 163 Å². The second-order valence-electron chi connectivity index (χ2n) is 6.90. The Morgan fingerprint density at radius 1 is 1.04 bits per heavy atom. The zero-order valence-electron chi connectivity index (χ0n) is 15.3. The minimum atomic E-state index is -0.193. The molecule has 27 heavy (non-hydrogen) atoms. The number of benzene rings is 2. The molecule has 5 nitrogen and oxygen atoms in total. The van der Waals surface area contributed by atoms with Crippen LogP contribution >= 0.6 is 12.2 Å². The summed E-state index contributed by atoms with van der Waals surface area (Å²) in [7, 11) is 1.97. The van der Waals surface area contributed by atoms with Crippen molar-refractivity contribution in [3.05, 3.63) is 65.2 Å². The van der Waals surface area contributed by atoms with Gasteiger partial charge in [-0.3, -0.25) is 0 Å². The smallest absolute Gasteiger partial charge is 0.202 e. The molecule has 2 heterocycles. The van der Waals surface area contributed by atoms with Gasteiger partial charge in [-0.15, -0.1) is 5.10 Å². The summed E-state index contributed by atoms with van der Waals surface area (Å²) < 4.78 is 17.7. The summed E-state index contributed by atoms with van der Waals surface area (Å²) in [4.78, 5) is 3.75. The third kappa shape index (κ3) is 3.79. The Bertz CT molecular complexity index is 956. The molecule has 1 aliphatic heterocycles. The van der Waals surface area contributed by atoms with Gasteiger partial charge in [-0.1, -0.05) is 30.3 Å². The van der Waals surface area contributed by atoms with E-state index in [2.05, 4.69) is 17.0 Å². The molecule has 0 amide bonds. The third-order valence-electron chi connectivity index (χ3n) is 5.11. The lowest BCUT2D eigenvalue weighted by molar-refractivity contribution is -0.924. The molecule has 4 rings (SSSR count). The first-order chi connectivity index (χ1) is 13.1. The second kappa shape index (κ2) is 7.62. The maximum atomic E-state index is 13.1. The molecule has 0 atom stereocenters. The zero-order valence-corrected chi connectivity index (χ0v) is 16.1. The van der Waals surface area contributed by atoms with Crippen LogP contribution in [0.2, 0.25) is 0 Å². The standard InChI is InChI=1S/C20H22FN5S/c1-23-19(16-5-3-2-4-6-16)22-26(20(23)27)15-24-11-13-25(14-12-24)18-9-7-17(21)8-10-18/h2-10H,11-15H2,1H3/p+1. The van der Waals surface area contributed by atoms with E-state index in [1.807, 2.05) is 46.6 Å². The highest BCUT2D eigenvalue weighted by Gasteiger charge is 2.22. The molecule has 1 N–H and O–H groups in total. The third-order valence-corrected chi connectivity index (χ3v) is 5.59. The van der Waals surface area contributed by atoms with E-state index in [9.17, 15) is 4.39 Å². The van der Waals surface area contributed by atoms with Gasteiger partial charge in [-0.05, 0) is 36.5 Å². The summed E-state index contributed by atoms with van der Waals surface area (Å²) >= 11 is 5.60. The van der Waals surface area contributed by atoms with Crippen molar-refractivity contribution in [1.82, 2.24) is 14.3 Å². The van der Waals surface area contributed by atoms with Gasteiger partial charge in [0.25, 0.3) is 0 Å². The quantitative estimate of drug-likeness (QED) is 0.699. The fourth-order valence-electron chi connectivity index (χ4n) is 3.53. The van der Waals surface area contributed by atoms with E-state index in [0.29, 0.717) is 0 Å². The summed E-state index contributed by atoms with van der Waals surface area (Å²) in [5.41, 5.74) is 2.15. The maximum Gasteiger partial charge on any atom is 0.202 e. The van der Waals surface area contributed by atoms with E-state index in [1.165, 1.54) is 17.0 Å². The Hall–Kier alpha value is -2.51. The summed E-state index contributed by atoms with van der Waals surface area (Å²) in [6.07, 6.45) is 0. The molecule has 0 spiro atoms. The Kier molecular flexibility index (Phi) is 5.05. The lowest BCUT2D eigenvalue weighted by Gasteiger charge is -2.33. The average molecular weight is 385 g/mol. The van der Waals surface area contributed by atoms with Gasteiger partial charge in [0.1, 0.15) is 5.82 Å². The molecule has 3 aromatic rings. The van der Waals surface area contributed by atoms with Crippen LogP contribution in [0.5, 0.6) is 0 Å².